The van der Waals surface area contributed by atoms with Crippen molar-refractivity contribution in [2.75, 3.05) is 5.32 Å². The first-order valence-electron chi connectivity index (χ1n) is 7.02. The molecule has 2 amide bonds. The van der Waals surface area contributed by atoms with Crippen LogP contribution in [0.15, 0.2) is 47.6 Å². The maximum atomic E-state index is 11.8. The van der Waals surface area contributed by atoms with E-state index in [4.69, 9.17) is 11.6 Å². The molecular weight excluding hydrogens is 348 g/mol. The van der Waals surface area contributed by atoms with E-state index in [2.05, 4.69) is 10.4 Å². The van der Waals surface area contributed by atoms with E-state index in [0.717, 1.165) is 6.21 Å². The molecule has 0 bridgehead atoms. The van der Waals surface area contributed by atoms with Gasteiger partial charge < -0.3 is 5.32 Å². The minimum Gasteiger partial charge on any atom is -0.317 e. The number of amides is 2. The summed E-state index contributed by atoms with van der Waals surface area (Å²) in [6, 6.07) is 10.7. The van der Waals surface area contributed by atoms with Gasteiger partial charge in [0.25, 0.3) is 5.69 Å². The Morgan fingerprint density at radius 2 is 1.92 bits per heavy atom. The molecule has 25 heavy (non-hydrogen) atoms. The number of nitro benzene ring substituents is 1. The molecule has 0 spiro atoms. The van der Waals surface area contributed by atoms with E-state index in [1.165, 1.54) is 18.2 Å². The predicted octanol–water partition coefficient (Wildman–Crippen LogP) is 2.65. The van der Waals surface area contributed by atoms with Crippen molar-refractivity contribution >= 4 is 41.0 Å². The average Bonchev–Trinajstić information content (AvgIpc) is 2.57. The van der Waals surface area contributed by atoms with Crippen molar-refractivity contribution in [3.05, 3.63) is 68.7 Å². The number of halogens is 1. The number of hydrogen-bond donors (Lipinski definition) is 2. The van der Waals surface area contributed by atoms with Crippen LogP contribution >= 0.6 is 11.6 Å². The molecular formula is C16H13ClN4O4. The lowest BCUT2D eigenvalue weighted by Gasteiger charge is -2.07. The molecule has 0 fully saturated rings. The number of rotatable bonds is 4. The normalized spacial score (nSPS) is 10.5. The van der Waals surface area contributed by atoms with Crippen molar-refractivity contribution in [1.29, 1.82) is 0 Å². The Morgan fingerprint density at radius 1 is 1.20 bits per heavy atom. The Labute approximate surface area is 147 Å². The van der Waals surface area contributed by atoms with E-state index < -0.39 is 16.7 Å². The first kappa shape index (κ1) is 18.1. The Morgan fingerprint density at radius 3 is 2.60 bits per heavy atom. The second-order valence-electron chi connectivity index (χ2n) is 4.93. The van der Waals surface area contributed by atoms with E-state index in [-0.39, 0.29) is 11.3 Å². The fraction of sp³-hybridized carbons (Fsp3) is 0.0625. The fourth-order valence-electron chi connectivity index (χ4n) is 1.92. The molecule has 2 rings (SSSR count). The second-order valence-corrected chi connectivity index (χ2v) is 5.36. The zero-order valence-electron chi connectivity index (χ0n) is 13.0. The number of hydrazone groups is 1. The van der Waals surface area contributed by atoms with Crippen LogP contribution < -0.4 is 10.7 Å². The van der Waals surface area contributed by atoms with Gasteiger partial charge in [-0.05, 0) is 36.8 Å². The standard InChI is InChI=1S/C16H13ClN4O4/c1-10-8-12(17)6-7-13(10)19-15(22)16(23)20-18-9-11-4-2-3-5-14(11)21(24)25/h2-9H,1H3,(H,19,22)(H,20,23)/b18-9-. The highest BCUT2D eigenvalue weighted by molar-refractivity contribution is 6.39. The number of para-hydroxylation sites is 1. The van der Waals surface area contributed by atoms with Crippen LogP contribution in [0.2, 0.25) is 5.02 Å². The summed E-state index contributed by atoms with van der Waals surface area (Å²) in [6.07, 6.45) is 1.09. The van der Waals surface area contributed by atoms with E-state index in [1.54, 1.807) is 31.2 Å². The van der Waals surface area contributed by atoms with Crippen LogP contribution in [0.4, 0.5) is 11.4 Å². The highest BCUT2D eigenvalue weighted by Gasteiger charge is 2.15. The van der Waals surface area contributed by atoms with Crippen LogP contribution in [-0.2, 0) is 9.59 Å². The van der Waals surface area contributed by atoms with Crippen molar-refractivity contribution in [3.63, 3.8) is 0 Å². The van der Waals surface area contributed by atoms with Crippen molar-refractivity contribution in [1.82, 2.24) is 5.43 Å². The third-order valence-electron chi connectivity index (χ3n) is 3.15. The summed E-state index contributed by atoms with van der Waals surface area (Å²) in [5.74, 6) is -1.94. The van der Waals surface area contributed by atoms with Gasteiger partial charge in [-0.1, -0.05) is 23.7 Å². The monoisotopic (exact) mass is 360 g/mol. The largest absolute Gasteiger partial charge is 0.329 e. The number of nitrogens with zero attached hydrogens (tertiary/aromatic N) is 2. The van der Waals surface area contributed by atoms with Crippen LogP contribution in [0.5, 0.6) is 0 Å². The number of hydrogen-bond acceptors (Lipinski definition) is 5. The Balaban J connectivity index is 2.00. The third kappa shape index (κ3) is 4.85. The SMILES string of the molecule is Cc1cc(Cl)ccc1NC(=O)C(=O)N/N=C\c1ccccc1[N+](=O)[O-]. The molecule has 0 aliphatic heterocycles. The molecule has 0 saturated carbocycles. The number of nitro groups is 1. The summed E-state index contributed by atoms with van der Waals surface area (Å²) >= 11 is 5.82. The number of carbonyl (C=O) groups excluding carboxylic acids is 2. The summed E-state index contributed by atoms with van der Waals surface area (Å²) in [4.78, 5) is 33.9. The van der Waals surface area contributed by atoms with Gasteiger partial charge in [0.15, 0.2) is 0 Å². The predicted molar refractivity (Wildman–Crippen MR) is 93.7 cm³/mol. The number of aryl methyl sites for hydroxylation is 1. The molecule has 8 nitrogen and oxygen atoms in total. The Kier molecular flexibility index (Phi) is 5.80. The fourth-order valence-corrected chi connectivity index (χ4v) is 2.15. The van der Waals surface area contributed by atoms with Crippen molar-refractivity contribution < 1.29 is 14.5 Å². The average molecular weight is 361 g/mol. The van der Waals surface area contributed by atoms with Crippen molar-refractivity contribution in [2.24, 2.45) is 5.10 Å². The first-order valence-corrected chi connectivity index (χ1v) is 7.40. The van der Waals surface area contributed by atoms with Gasteiger partial charge in [-0.15, -0.1) is 0 Å². The summed E-state index contributed by atoms with van der Waals surface area (Å²) in [5.41, 5.74) is 3.18. The molecule has 0 aromatic heterocycles. The van der Waals surface area contributed by atoms with Gasteiger partial charge in [0, 0.05) is 16.8 Å². The molecule has 2 aromatic carbocycles. The van der Waals surface area contributed by atoms with Crippen molar-refractivity contribution in [2.45, 2.75) is 6.92 Å². The molecule has 0 aliphatic carbocycles. The zero-order chi connectivity index (χ0) is 18.4. The summed E-state index contributed by atoms with van der Waals surface area (Å²) in [5, 5.41) is 17.4. The number of carbonyl (C=O) groups is 2. The first-order chi connectivity index (χ1) is 11.9. The van der Waals surface area contributed by atoms with Gasteiger partial charge >= 0.3 is 11.8 Å². The summed E-state index contributed by atoms with van der Waals surface area (Å²) in [7, 11) is 0. The molecule has 0 saturated heterocycles. The molecule has 128 valence electrons. The lowest BCUT2D eigenvalue weighted by molar-refractivity contribution is -0.385. The highest BCUT2D eigenvalue weighted by Crippen LogP contribution is 2.19. The summed E-state index contributed by atoms with van der Waals surface area (Å²) < 4.78 is 0. The minimum atomic E-state index is -1.01. The van der Waals surface area contributed by atoms with Crippen LogP contribution in [0.1, 0.15) is 11.1 Å². The number of nitrogens with one attached hydrogen (secondary N) is 2. The van der Waals surface area contributed by atoms with Crippen LogP contribution in [0.3, 0.4) is 0 Å². The highest BCUT2D eigenvalue weighted by atomic mass is 35.5. The Bertz CT molecular complexity index is 867. The maximum absolute atomic E-state index is 11.8. The topological polar surface area (TPSA) is 114 Å². The molecule has 2 N–H and O–H groups in total. The zero-order valence-corrected chi connectivity index (χ0v) is 13.8. The van der Waals surface area contributed by atoms with Crippen LogP contribution in [0.25, 0.3) is 0 Å². The lowest BCUT2D eigenvalue weighted by atomic mass is 10.2. The molecule has 0 atom stereocenters. The van der Waals surface area contributed by atoms with E-state index in [9.17, 15) is 19.7 Å². The van der Waals surface area contributed by atoms with E-state index in [1.807, 2.05) is 5.43 Å². The van der Waals surface area contributed by atoms with Gasteiger partial charge in [0.1, 0.15) is 0 Å². The van der Waals surface area contributed by atoms with E-state index >= 15 is 0 Å². The minimum absolute atomic E-state index is 0.165. The van der Waals surface area contributed by atoms with Gasteiger partial charge in [0.05, 0.1) is 16.7 Å². The van der Waals surface area contributed by atoms with Gasteiger partial charge in [-0.25, -0.2) is 5.43 Å². The Hall–Kier alpha value is -3.26. The number of anilines is 1. The van der Waals surface area contributed by atoms with Crippen LogP contribution in [0, 0.1) is 17.0 Å². The summed E-state index contributed by atoms with van der Waals surface area (Å²) in [6.45, 7) is 1.73. The van der Waals surface area contributed by atoms with Gasteiger partial charge in [-0.3, -0.25) is 19.7 Å². The second kappa shape index (κ2) is 8.02. The number of benzene rings is 2. The molecule has 0 radical (unpaired) electrons. The molecule has 0 heterocycles. The lowest BCUT2D eigenvalue weighted by Crippen LogP contribution is -2.32. The van der Waals surface area contributed by atoms with E-state index in [0.29, 0.717) is 16.3 Å². The molecule has 9 heteroatoms. The van der Waals surface area contributed by atoms with Crippen LogP contribution in [-0.4, -0.2) is 23.0 Å². The molecule has 0 unspecified atom stereocenters. The van der Waals surface area contributed by atoms with Gasteiger partial charge in [-0.2, -0.15) is 5.10 Å². The third-order valence-corrected chi connectivity index (χ3v) is 3.38. The molecule has 0 aliphatic rings. The van der Waals surface area contributed by atoms with Crippen molar-refractivity contribution in [3.8, 4) is 0 Å². The maximum Gasteiger partial charge on any atom is 0.329 e. The molecule has 2 aromatic rings. The smallest absolute Gasteiger partial charge is 0.317 e. The quantitative estimate of drug-likeness (QED) is 0.377. The van der Waals surface area contributed by atoms with Gasteiger partial charge in [0.2, 0.25) is 0 Å².